The molecule has 1 amide bonds. The predicted molar refractivity (Wildman–Crippen MR) is 128 cm³/mol. The Morgan fingerprint density at radius 1 is 1.12 bits per heavy atom. The Labute approximate surface area is 195 Å². The van der Waals surface area contributed by atoms with Crippen molar-refractivity contribution in [1.82, 2.24) is 9.97 Å². The van der Waals surface area contributed by atoms with Gasteiger partial charge >= 0.3 is 0 Å². The third kappa shape index (κ3) is 4.39. The molecule has 0 bridgehead atoms. The molecule has 0 aliphatic rings. The van der Waals surface area contributed by atoms with Crippen LogP contribution in [0.1, 0.15) is 28.5 Å². The lowest BCUT2D eigenvalue weighted by Crippen LogP contribution is -2.30. The molecule has 164 valence electrons. The van der Waals surface area contributed by atoms with Gasteiger partial charge in [0.15, 0.2) is 15.0 Å². The minimum atomic E-state index is -3.45. The maximum atomic E-state index is 13.6. The number of halogens is 1. The average molecular weight is 486 g/mol. The van der Waals surface area contributed by atoms with Gasteiger partial charge in [-0.15, -0.1) is 0 Å². The quantitative estimate of drug-likeness (QED) is 0.370. The molecule has 0 N–H and O–H groups in total. The molecule has 2 heterocycles. The highest BCUT2D eigenvalue weighted by molar-refractivity contribution is 7.91. The molecule has 2 aromatic carbocycles. The van der Waals surface area contributed by atoms with Gasteiger partial charge in [0.1, 0.15) is 0 Å². The van der Waals surface area contributed by atoms with Crippen LogP contribution in [0.5, 0.6) is 0 Å². The third-order valence-corrected chi connectivity index (χ3v) is 8.26. The highest BCUT2D eigenvalue weighted by Gasteiger charge is 2.24. The number of carbonyl (C=O) groups is 1. The predicted octanol–water partition coefficient (Wildman–Crippen LogP) is 5.29. The molecule has 0 saturated heterocycles. The number of benzene rings is 2. The molecule has 0 fully saturated rings. The summed E-state index contributed by atoms with van der Waals surface area (Å²) in [6.45, 7) is 3.65. The number of amides is 1. The normalized spacial score (nSPS) is 11.6. The highest BCUT2D eigenvalue weighted by atomic mass is 35.5. The van der Waals surface area contributed by atoms with Gasteiger partial charge in [-0.05, 0) is 55.0 Å². The molecule has 4 rings (SSSR count). The van der Waals surface area contributed by atoms with E-state index in [1.807, 2.05) is 31.2 Å². The van der Waals surface area contributed by atoms with E-state index in [0.717, 1.165) is 15.8 Å². The Kier molecular flexibility index (Phi) is 6.28. The van der Waals surface area contributed by atoms with Gasteiger partial charge in [0, 0.05) is 16.8 Å². The summed E-state index contributed by atoms with van der Waals surface area (Å²) in [5.41, 5.74) is 2.53. The minimum Gasteiger partial charge on any atom is -0.278 e. The summed E-state index contributed by atoms with van der Waals surface area (Å²) in [4.78, 5) is 24.3. The number of anilines is 1. The van der Waals surface area contributed by atoms with Crippen molar-refractivity contribution in [1.29, 1.82) is 0 Å². The fourth-order valence-electron chi connectivity index (χ4n) is 3.23. The number of aromatic nitrogens is 2. The maximum Gasteiger partial charge on any atom is 0.260 e. The van der Waals surface area contributed by atoms with Crippen molar-refractivity contribution >= 4 is 54.0 Å². The molecule has 32 heavy (non-hydrogen) atoms. The van der Waals surface area contributed by atoms with Gasteiger partial charge in [0.2, 0.25) is 0 Å². The van der Waals surface area contributed by atoms with Crippen LogP contribution in [0, 0.1) is 6.92 Å². The first-order chi connectivity index (χ1) is 15.3. The molecule has 0 unspecified atom stereocenters. The summed E-state index contributed by atoms with van der Waals surface area (Å²) in [5.74, 6) is -0.396. The number of sulfone groups is 1. The first-order valence-corrected chi connectivity index (χ1v) is 12.7. The molecular formula is C23H20ClN3O3S2. The van der Waals surface area contributed by atoms with Gasteiger partial charge in [-0.2, -0.15) is 0 Å². The van der Waals surface area contributed by atoms with Crippen molar-refractivity contribution in [3.63, 3.8) is 0 Å². The Hall–Kier alpha value is -2.81. The second kappa shape index (κ2) is 8.97. The first kappa shape index (κ1) is 22.4. The zero-order valence-electron chi connectivity index (χ0n) is 17.4. The van der Waals surface area contributed by atoms with Gasteiger partial charge < -0.3 is 0 Å². The lowest BCUT2D eigenvalue weighted by molar-refractivity contribution is 0.0984. The second-order valence-electron chi connectivity index (χ2n) is 7.16. The number of nitrogens with zero attached hydrogens (tertiary/aromatic N) is 3. The van der Waals surface area contributed by atoms with Gasteiger partial charge in [-0.25, -0.2) is 13.4 Å². The molecule has 2 aromatic heterocycles. The van der Waals surface area contributed by atoms with E-state index in [2.05, 4.69) is 4.98 Å². The van der Waals surface area contributed by atoms with Crippen molar-refractivity contribution in [2.24, 2.45) is 0 Å². The molecule has 0 spiro atoms. The van der Waals surface area contributed by atoms with E-state index in [4.69, 9.17) is 16.6 Å². The van der Waals surface area contributed by atoms with Crippen LogP contribution in [-0.4, -0.2) is 30.0 Å². The molecule has 0 saturated carbocycles. The second-order valence-corrected chi connectivity index (χ2v) is 10.9. The topological polar surface area (TPSA) is 80.2 Å². The molecule has 6 nitrogen and oxygen atoms in total. The Morgan fingerprint density at radius 3 is 2.66 bits per heavy atom. The maximum absolute atomic E-state index is 13.6. The number of rotatable bonds is 6. The van der Waals surface area contributed by atoms with Gasteiger partial charge in [0.25, 0.3) is 5.91 Å². The van der Waals surface area contributed by atoms with Crippen LogP contribution in [0.3, 0.4) is 0 Å². The molecule has 0 aliphatic heterocycles. The minimum absolute atomic E-state index is 0.0415. The zero-order chi connectivity index (χ0) is 22.9. The van der Waals surface area contributed by atoms with Crippen LogP contribution in [0.25, 0.3) is 10.2 Å². The van der Waals surface area contributed by atoms with E-state index in [1.165, 1.54) is 28.4 Å². The summed E-state index contributed by atoms with van der Waals surface area (Å²) in [6.07, 6.45) is 1.66. The Balaban J connectivity index is 1.81. The molecule has 0 atom stereocenters. The number of thiazole rings is 1. The summed E-state index contributed by atoms with van der Waals surface area (Å²) in [5, 5.41) is 1.10. The molecular weight excluding hydrogens is 466 g/mol. The number of carbonyl (C=O) groups excluding carboxylic acids is 1. The third-order valence-electron chi connectivity index (χ3n) is 5.08. The zero-order valence-corrected chi connectivity index (χ0v) is 19.8. The number of hydrogen-bond donors (Lipinski definition) is 0. The van der Waals surface area contributed by atoms with Crippen LogP contribution >= 0.6 is 22.9 Å². The SMILES string of the molecule is CCS(=O)(=O)c1cccc(C(=O)N(Cc2ccccn2)c2nc3c(C)c(Cl)ccc3s2)c1. The van der Waals surface area contributed by atoms with E-state index in [0.29, 0.717) is 15.8 Å². The number of fused-ring (bicyclic) bond motifs is 1. The summed E-state index contributed by atoms with van der Waals surface area (Å²) >= 11 is 7.63. The van der Waals surface area contributed by atoms with E-state index in [-0.39, 0.29) is 28.7 Å². The van der Waals surface area contributed by atoms with Crippen molar-refractivity contribution in [3.05, 3.63) is 82.6 Å². The monoisotopic (exact) mass is 485 g/mol. The number of aryl methyl sites for hydroxylation is 1. The van der Waals surface area contributed by atoms with Crippen molar-refractivity contribution in [2.45, 2.75) is 25.3 Å². The first-order valence-electron chi connectivity index (χ1n) is 9.90. The van der Waals surface area contributed by atoms with E-state index < -0.39 is 9.84 Å². The fraction of sp³-hybridized carbons (Fsp3) is 0.174. The number of pyridine rings is 1. The smallest absolute Gasteiger partial charge is 0.260 e. The summed E-state index contributed by atoms with van der Waals surface area (Å²) in [6, 6.07) is 15.3. The summed E-state index contributed by atoms with van der Waals surface area (Å²) < 4.78 is 25.6. The van der Waals surface area contributed by atoms with Crippen molar-refractivity contribution in [2.75, 3.05) is 10.7 Å². The Bertz CT molecular complexity index is 1400. The van der Waals surface area contributed by atoms with Gasteiger partial charge in [-0.1, -0.05) is 42.0 Å². The van der Waals surface area contributed by atoms with Crippen LogP contribution in [0.2, 0.25) is 5.02 Å². The van der Waals surface area contributed by atoms with Crippen LogP contribution in [0.15, 0.2) is 65.7 Å². The lowest BCUT2D eigenvalue weighted by atomic mass is 10.2. The highest BCUT2D eigenvalue weighted by Crippen LogP contribution is 2.34. The van der Waals surface area contributed by atoms with E-state index in [9.17, 15) is 13.2 Å². The van der Waals surface area contributed by atoms with Crippen molar-refractivity contribution < 1.29 is 13.2 Å². The van der Waals surface area contributed by atoms with Crippen LogP contribution < -0.4 is 4.90 Å². The summed E-state index contributed by atoms with van der Waals surface area (Å²) in [7, 11) is -3.45. The molecule has 4 aromatic rings. The standard InChI is InChI=1S/C23H20ClN3O3S2/c1-3-32(29,30)18-9-6-7-16(13-18)22(28)27(14-17-8-4-5-12-25-17)23-26-21-15(2)19(24)10-11-20(21)31-23/h4-13H,3,14H2,1-2H3. The van der Waals surface area contributed by atoms with Gasteiger partial charge in [0.05, 0.1) is 33.1 Å². The fourth-order valence-corrected chi connectivity index (χ4v) is 5.33. The van der Waals surface area contributed by atoms with E-state index in [1.54, 1.807) is 31.3 Å². The average Bonchev–Trinajstić information content (AvgIpc) is 3.25. The van der Waals surface area contributed by atoms with Crippen LogP contribution in [-0.2, 0) is 16.4 Å². The number of hydrogen-bond acceptors (Lipinski definition) is 6. The van der Waals surface area contributed by atoms with Crippen LogP contribution in [0.4, 0.5) is 5.13 Å². The lowest BCUT2D eigenvalue weighted by Gasteiger charge is -2.20. The Morgan fingerprint density at radius 2 is 1.94 bits per heavy atom. The largest absolute Gasteiger partial charge is 0.278 e. The molecule has 9 heteroatoms. The van der Waals surface area contributed by atoms with Crippen molar-refractivity contribution in [3.8, 4) is 0 Å². The van der Waals surface area contributed by atoms with Gasteiger partial charge in [-0.3, -0.25) is 14.7 Å². The van der Waals surface area contributed by atoms with E-state index >= 15 is 0 Å². The molecule has 0 radical (unpaired) electrons. The molecule has 0 aliphatic carbocycles.